The fourth-order valence-corrected chi connectivity index (χ4v) is 3.22. The summed E-state index contributed by atoms with van der Waals surface area (Å²) in [5.74, 6) is -1.58. The number of benzene rings is 2. The Morgan fingerprint density at radius 2 is 1.43 bits per heavy atom. The van der Waals surface area contributed by atoms with Crippen molar-refractivity contribution in [1.82, 2.24) is 5.06 Å². The lowest BCUT2D eigenvalue weighted by Gasteiger charge is -2.27. The number of hydroxylamine groups is 2. The molecule has 0 aromatic heterocycles. The summed E-state index contributed by atoms with van der Waals surface area (Å²) < 4.78 is 5.73. The van der Waals surface area contributed by atoms with Gasteiger partial charge in [0, 0.05) is 0 Å². The summed E-state index contributed by atoms with van der Waals surface area (Å²) in [5.41, 5.74) is 2.32. The molecule has 30 heavy (non-hydrogen) atoms. The Bertz CT molecular complexity index is 976. The zero-order chi connectivity index (χ0) is 22.3. The van der Waals surface area contributed by atoms with Gasteiger partial charge in [0.2, 0.25) is 0 Å². The van der Waals surface area contributed by atoms with Crippen LogP contribution in [0.25, 0.3) is 0 Å². The van der Waals surface area contributed by atoms with Crippen LogP contribution in [0.2, 0.25) is 0 Å². The number of ether oxygens (including phenoxy) is 1. The van der Waals surface area contributed by atoms with Crippen LogP contribution in [0.4, 0.5) is 0 Å². The van der Waals surface area contributed by atoms with Crippen LogP contribution in [0.3, 0.4) is 0 Å². The van der Waals surface area contributed by atoms with Crippen LogP contribution in [0.1, 0.15) is 73.4 Å². The van der Waals surface area contributed by atoms with Gasteiger partial charge in [0.1, 0.15) is 5.75 Å². The van der Waals surface area contributed by atoms with E-state index in [-0.39, 0.29) is 22.0 Å². The van der Waals surface area contributed by atoms with Gasteiger partial charge in [-0.15, -0.1) is 0 Å². The predicted molar refractivity (Wildman–Crippen MR) is 112 cm³/mol. The molecule has 0 saturated heterocycles. The molecule has 0 unspecified atom stereocenters. The molecule has 1 aliphatic rings. The highest BCUT2D eigenvalue weighted by Crippen LogP contribution is 2.35. The molecule has 2 aromatic rings. The van der Waals surface area contributed by atoms with E-state index in [1.807, 2.05) is 12.1 Å². The van der Waals surface area contributed by atoms with E-state index in [1.165, 1.54) is 12.1 Å². The van der Waals surface area contributed by atoms with Gasteiger partial charge in [-0.25, -0.2) is 4.79 Å². The zero-order valence-corrected chi connectivity index (χ0v) is 18.2. The maximum Gasteiger partial charge on any atom is 0.370 e. The van der Waals surface area contributed by atoms with E-state index in [1.54, 1.807) is 12.1 Å². The third-order valence-corrected chi connectivity index (χ3v) is 4.95. The lowest BCUT2D eigenvalue weighted by Crippen LogP contribution is -2.34. The number of amides is 2. The maximum absolute atomic E-state index is 12.3. The van der Waals surface area contributed by atoms with Gasteiger partial charge in [0.25, 0.3) is 11.8 Å². The molecule has 0 saturated carbocycles. The summed E-state index contributed by atoms with van der Waals surface area (Å²) in [7, 11) is 0. The minimum absolute atomic E-state index is 0.0249. The van der Waals surface area contributed by atoms with E-state index in [0.717, 1.165) is 11.1 Å². The molecule has 2 aromatic carbocycles. The number of hydrogen-bond acceptors (Lipinski definition) is 5. The Balaban J connectivity index is 1.72. The molecular weight excluding hydrogens is 382 g/mol. The van der Waals surface area contributed by atoms with Crippen molar-refractivity contribution in [2.75, 3.05) is 6.61 Å². The molecule has 3 rings (SSSR count). The molecule has 0 aliphatic carbocycles. The fraction of sp³-hybridized carbons (Fsp3) is 0.375. The SMILES string of the molecule is CC(C)(C)c1ccc(OCC(=O)ON2C(=O)c3ccccc3C2=O)c(C(C)(C)C)c1. The highest BCUT2D eigenvalue weighted by Gasteiger charge is 2.38. The van der Waals surface area contributed by atoms with Gasteiger partial charge >= 0.3 is 5.97 Å². The van der Waals surface area contributed by atoms with E-state index < -0.39 is 24.4 Å². The van der Waals surface area contributed by atoms with E-state index in [4.69, 9.17) is 9.57 Å². The van der Waals surface area contributed by atoms with Crippen LogP contribution in [-0.2, 0) is 20.5 Å². The van der Waals surface area contributed by atoms with Crippen molar-refractivity contribution in [3.63, 3.8) is 0 Å². The van der Waals surface area contributed by atoms with Gasteiger partial charge in [0.15, 0.2) is 6.61 Å². The van der Waals surface area contributed by atoms with Crippen molar-refractivity contribution in [2.24, 2.45) is 0 Å². The van der Waals surface area contributed by atoms with Gasteiger partial charge in [0.05, 0.1) is 11.1 Å². The monoisotopic (exact) mass is 409 g/mol. The topological polar surface area (TPSA) is 72.9 Å². The molecule has 0 bridgehead atoms. The lowest BCUT2D eigenvalue weighted by atomic mass is 9.80. The Morgan fingerprint density at radius 1 is 0.867 bits per heavy atom. The van der Waals surface area contributed by atoms with Crippen LogP contribution >= 0.6 is 0 Å². The highest BCUT2D eigenvalue weighted by atomic mass is 16.7. The average molecular weight is 409 g/mol. The summed E-state index contributed by atoms with van der Waals surface area (Å²) in [6.45, 7) is 12.2. The van der Waals surface area contributed by atoms with Gasteiger partial charge in [-0.05, 0) is 40.2 Å². The van der Waals surface area contributed by atoms with E-state index in [9.17, 15) is 14.4 Å². The second-order valence-electron chi connectivity index (χ2n) is 9.41. The first-order valence-electron chi connectivity index (χ1n) is 9.86. The molecule has 6 heteroatoms. The summed E-state index contributed by atoms with van der Waals surface area (Å²) in [6, 6.07) is 12.2. The quantitative estimate of drug-likeness (QED) is 0.699. The number of hydrogen-bond donors (Lipinski definition) is 0. The molecule has 1 aliphatic heterocycles. The molecule has 0 N–H and O–H groups in total. The number of fused-ring (bicyclic) bond motifs is 1. The highest BCUT2D eigenvalue weighted by molar-refractivity contribution is 6.20. The second-order valence-corrected chi connectivity index (χ2v) is 9.41. The van der Waals surface area contributed by atoms with Crippen molar-refractivity contribution in [3.05, 3.63) is 64.7 Å². The first kappa shape index (κ1) is 21.6. The third-order valence-electron chi connectivity index (χ3n) is 4.95. The standard InChI is InChI=1S/C24H27NO5/c1-23(2,3)15-11-12-19(18(13-15)24(4,5)6)29-14-20(26)30-25-21(27)16-9-7-8-10-17(16)22(25)28/h7-13H,14H2,1-6H3. The van der Waals surface area contributed by atoms with Gasteiger partial charge in [-0.1, -0.05) is 70.9 Å². The molecule has 6 nitrogen and oxygen atoms in total. The molecule has 1 heterocycles. The summed E-state index contributed by atoms with van der Waals surface area (Å²) in [5, 5.41) is 0.490. The van der Waals surface area contributed by atoms with E-state index in [0.29, 0.717) is 10.8 Å². The molecule has 0 spiro atoms. The van der Waals surface area contributed by atoms with Crippen LogP contribution in [0.15, 0.2) is 42.5 Å². The molecule has 0 radical (unpaired) electrons. The maximum atomic E-state index is 12.3. The summed E-state index contributed by atoms with van der Waals surface area (Å²) in [6.07, 6.45) is 0. The summed E-state index contributed by atoms with van der Waals surface area (Å²) in [4.78, 5) is 42.0. The van der Waals surface area contributed by atoms with E-state index in [2.05, 4.69) is 47.6 Å². The Morgan fingerprint density at radius 3 is 1.93 bits per heavy atom. The first-order chi connectivity index (χ1) is 13.9. The number of imide groups is 1. The van der Waals surface area contributed by atoms with Crippen LogP contribution in [0.5, 0.6) is 5.75 Å². The van der Waals surface area contributed by atoms with Crippen LogP contribution in [-0.4, -0.2) is 29.5 Å². The molecule has 0 fully saturated rings. The number of carbonyl (C=O) groups is 3. The van der Waals surface area contributed by atoms with Crippen LogP contribution in [0, 0.1) is 0 Å². The van der Waals surface area contributed by atoms with Gasteiger partial charge < -0.3 is 9.57 Å². The summed E-state index contributed by atoms with van der Waals surface area (Å²) >= 11 is 0. The van der Waals surface area contributed by atoms with E-state index >= 15 is 0 Å². The van der Waals surface area contributed by atoms with Gasteiger partial charge in [-0.3, -0.25) is 9.59 Å². The normalized spacial score (nSPS) is 14.0. The Kier molecular flexibility index (Phi) is 5.46. The molecule has 2 amide bonds. The molecular formula is C24H27NO5. The van der Waals surface area contributed by atoms with Crippen molar-refractivity contribution in [2.45, 2.75) is 52.4 Å². The van der Waals surface area contributed by atoms with Crippen molar-refractivity contribution < 1.29 is 24.0 Å². The number of rotatable bonds is 4. The molecule has 0 atom stereocenters. The van der Waals surface area contributed by atoms with Crippen molar-refractivity contribution in [1.29, 1.82) is 0 Å². The molecule has 158 valence electrons. The predicted octanol–water partition coefficient (Wildman–Crippen LogP) is 4.41. The smallest absolute Gasteiger partial charge is 0.370 e. The second kappa shape index (κ2) is 7.59. The minimum atomic E-state index is -0.829. The van der Waals surface area contributed by atoms with Crippen LogP contribution < -0.4 is 4.74 Å². The van der Waals surface area contributed by atoms with Gasteiger partial charge in [-0.2, -0.15) is 0 Å². The van der Waals surface area contributed by atoms with Crippen molar-refractivity contribution >= 4 is 17.8 Å². The first-order valence-corrected chi connectivity index (χ1v) is 9.86. The largest absolute Gasteiger partial charge is 0.481 e. The average Bonchev–Trinajstić information content (AvgIpc) is 2.90. The minimum Gasteiger partial charge on any atom is -0.481 e. The fourth-order valence-electron chi connectivity index (χ4n) is 3.22. The third kappa shape index (κ3) is 4.22. The number of nitrogens with zero attached hydrogens (tertiary/aromatic N) is 1. The Hall–Kier alpha value is -3.15. The number of carbonyl (C=O) groups excluding carboxylic acids is 3. The van der Waals surface area contributed by atoms with Crippen molar-refractivity contribution in [3.8, 4) is 5.75 Å². The lowest BCUT2D eigenvalue weighted by molar-refractivity contribution is -0.170. The Labute approximate surface area is 176 Å². The zero-order valence-electron chi connectivity index (χ0n) is 18.2.